The van der Waals surface area contributed by atoms with Crippen LogP contribution in [0.1, 0.15) is 44.6 Å². The summed E-state index contributed by atoms with van der Waals surface area (Å²) in [5.74, 6) is 0.0887. The van der Waals surface area contributed by atoms with Crippen molar-refractivity contribution in [1.82, 2.24) is 4.90 Å². The Hall–Kier alpha value is -2.63. The summed E-state index contributed by atoms with van der Waals surface area (Å²) in [6, 6.07) is 7.43. The number of benzene rings is 1. The average molecular weight is 354 g/mol. The molecule has 138 valence electrons. The van der Waals surface area contributed by atoms with Crippen LogP contribution in [-0.2, 0) is 15.1 Å². The van der Waals surface area contributed by atoms with Gasteiger partial charge in [-0.3, -0.25) is 14.5 Å². The van der Waals surface area contributed by atoms with Crippen molar-refractivity contribution in [3.63, 3.8) is 0 Å². The number of nitrogens with two attached hydrogens (primary N) is 1. The summed E-state index contributed by atoms with van der Waals surface area (Å²) in [4.78, 5) is 31.2. The van der Waals surface area contributed by atoms with E-state index in [-0.39, 0.29) is 23.7 Å². The van der Waals surface area contributed by atoms with Crippen molar-refractivity contribution in [2.45, 2.75) is 44.6 Å². The molecule has 1 saturated carbocycles. The first-order valence-corrected chi connectivity index (χ1v) is 9.16. The summed E-state index contributed by atoms with van der Waals surface area (Å²) in [6.07, 6.45) is 8.43. The number of hydrogen-bond acceptors (Lipinski definition) is 4. The lowest BCUT2D eigenvalue weighted by Gasteiger charge is -2.36. The number of hydrogen-bond donors (Lipinski definition) is 2. The lowest BCUT2D eigenvalue weighted by Crippen LogP contribution is -2.45. The van der Waals surface area contributed by atoms with Crippen molar-refractivity contribution >= 4 is 23.5 Å². The third kappa shape index (κ3) is 3.11. The number of anilines is 1. The van der Waals surface area contributed by atoms with Gasteiger partial charge in [0.2, 0.25) is 5.91 Å². The quantitative estimate of drug-likeness (QED) is 0.815. The fraction of sp³-hybridized carbons (Fsp3) is 0.450. The van der Waals surface area contributed by atoms with Crippen molar-refractivity contribution in [3.8, 4) is 0 Å². The van der Waals surface area contributed by atoms with Crippen LogP contribution in [0.15, 0.2) is 41.4 Å². The Bertz CT molecular complexity index is 765. The standard InChI is InChI=1S/C20H26N4O2/c1-3-8-17(25)22-16-12-7-11-15(13-16)20(14-9-5-4-6-10-14)18(26)24(2)19(21)23-20/h3,7-8,11-14H,4-6,9-10H2,1-2H3,(H2,21,23)(H,22,25). The maximum atomic E-state index is 13.2. The molecular weight excluding hydrogens is 328 g/mol. The lowest BCUT2D eigenvalue weighted by atomic mass is 9.71. The van der Waals surface area contributed by atoms with Crippen molar-refractivity contribution in [1.29, 1.82) is 0 Å². The number of carbonyl (C=O) groups excluding carboxylic acids is 2. The Labute approximate surface area is 154 Å². The molecule has 1 aliphatic heterocycles. The fourth-order valence-corrected chi connectivity index (χ4v) is 4.04. The van der Waals surface area contributed by atoms with Crippen LogP contribution in [0.3, 0.4) is 0 Å². The molecule has 3 rings (SSSR count). The van der Waals surface area contributed by atoms with Crippen LogP contribution in [0, 0.1) is 5.92 Å². The Balaban J connectivity index is 2.03. The summed E-state index contributed by atoms with van der Waals surface area (Å²) >= 11 is 0. The maximum Gasteiger partial charge on any atom is 0.261 e. The largest absolute Gasteiger partial charge is 0.369 e. The van der Waals surface area contributed by atoms with Crippen LogP contribution in [-0.4, -0.2) is 29.7 Å². The van der Waals surface area contributed by atoms with Gasteiger partial charge in [0.25, 0.3) is 5.91 Å². The molecule has 0 radical (unpaired) electrons. The summed E-state index contributed by atoms with van der Waals surface area (Å²) in [5.41, 5.74) is 6.48. The van der Waals surface area contributed by atoms with E-state index in [1.165, 1.54) is 17.4 Å². The molecule has 1 aromatic carbocycles. The van der Waals surface area contributed by atoms with Crippen molar-refractivity contribution in [2.24, 2.45) is 16.6 Å². The number of nitrogens with zero attached hydrogens (tertiary/aromatic N) is 2. The first kappa shape index (κ1) is 18.2. The van der Waals surface area contributed by atoms with Gasteiger partial charge < -0.3 is 11.1 Å². The van der Waals surface area contributed by atoms with Gasteiger partial charge in [0.05, 0.1) is 0 Å². The van der Waals surface area contributed by atoms with Gasteiger partial charge in [-0.1, -0.05) is 37.5 Å². The molecule has 6 nitrogen and oxygen atoms in total. The third-order valence-electron chi connectivity index (χ3n) is 5.35. The molecule has 0 aromatic heterocycles. The van der Waals surface area contributed by atoms with E-state index in [1.54, 1.807) is 20.0 Å². The Morgan fingerprint density at radius 2 is 2.08 bits per heavy atom. The minimum absolute atomic E-state index is 0.0844. The first-order valence-electron chi connectivity index (χ1n) is 9.16. The zero-order valence-corrected chi connectivity index (χ0v) is 15.4. The molecule has 0 spiro atoms. The second-order valence-corrected chi connectivity index (χ2v) is 7.01. The Morgan fingerprint density at radius 1 is 1.35 bits per heavy atom. The van der Waals surface area contributed by atoms with E-state index in [9.17, 15) is 9.59 Å². The zero-order valence-electron chi connectivity index (χ0n) is 15.4. The maximum absolute atomic E-state index is 13.2. The van der Waals surface area contributed by atoms with Gasteiger partial charge in [-0.05, 0) is 49.5 Å². The van der Waals surface area contributed by atoms with Gasteiger partial charge >= 0.3 is 0 Å². The molecule has 2 aliphatic rings. The molecule has 0 bridgehead atoms. The first-order chi connectivity index (χ1) is 12.5. The number of carbonyl (C=O) groups is 2. The molecule has 0 saturated heterocycles. The molecule has 1 unspecified atom stereocenters. The smallest absolute Gasteiger partial charge is 0.261 e. The minimum Gasteiger partial charge on any atom is -0.369 e. The van der Waals surface area contributed by atoms with E-state index in [1.807, 2.05) is 24.3 Å². The van der Waals surface area contributed by atoms with E-state index in [2.05, 4.69) is 10.3 Å². The zero-order chi connectivity index (χ0) is 18.7. The van der Waals surface area contributed by atoms with Crippen LogP contribution >= 0.6 is 0 Å². The molecule has 2 amide bonds. The van der Waals surface area contributed by atoms with Gasteiger partial charge in [-0.25, -0.2) is 4.99 Å². The van der Waals surface area contributed by atoms with Crippen molar-refractivity contribution in [2.75, 3.05) is 12.4 Å². The predicted octanol–water partition coefficient (Wildman–Crippen LogP) is 2.76. The van der Waals surface area contributed by atoms with Crippen LogP contribution < -0.4 is 11.1 Å². The summed E-state index contributed by atoms with van der Waals surface area (Å²) in [7, 11) is 1.67. The summed E-state index contributed by atoms with van der Waals surface area (Å²) < 4.78 is 0. The number of likely N-dealkylation sites (N-methyl/N-ethyl adjacent to an activating group) is 1. The fourth-order valence-electron chi connectivity index (χ4n) is 4.04. The van der Waals surface area contributed by atoms with E-state index in [4.69, 9.17) is 5.73 Å². The summed E-state index contributed by atoms with van der Waals surface area (Å²) in [6.45, 7) is 1.79. The van der Waals surface area contributed by atoms with E-state index in [0.717, 1.165) is 31.2 Å². The summed E-state index contributed by atoms with van der Waals surface area (Å²) in [5, 5.41) is 2.83. The second-order valence-electron chi connectivity index (χ2n) is 7.01. The van der Waals surface area contributed by atoms with Crippen molar-refractivity contribution in [3.05, 3.63) is 42.0 Å². The average Bonchev–Trinajstić information content (AvgIpc) is 2.88. The van der Waals surface area contributed by atoms with Crippen molar-refractivity contribution < 1.29 is 9.59 Å². The van der Waals surface area contributed by atoms with Gasteiger partial charge in [-0.15, -0.1) is 0 Å². The molecule has 6 heteroatoms. The highest BCUT2D eigenvalue weighted by Crippen LogP contribution is 2.46. The highest BCUT2D eigenvalue weighted by molar-refractivity contribution is 6.07. The predicted molar refractivity (Wildman–Crippen MR) is 103 cm³/mol. The number of amides is 2. The SMILES string of the molecule is CC=CC(=O)Nc1cccc(C2(C3CCCCC3)N=C(N)N(C)C2=O)c1. The molecule has 26 heavy (non-hydrogen) atoms. The Morgan fingerprint density at radius 3 is 2.69 bits per heavy atom. The van der Waals surface area contributed by atoms with E-state index >= 15 is 0 Å². The number of guanidine groups is 1. The normalized spacial score (nSPS) is 24.2. The van der Waals surface area contributed by atoms with E-state index < -0.39 is 5.54 Å². The van der Waals surface area contributed by atoms with Crippen LogP contribution in [0.5, 0.6) is 0 Å². The molecular formula is C20H26N4O2. The topological polar surface area (TPSA) is 87.8 Å². The minimum atomic E-state index is -0.986. The van der Waals surface area contributed by atoms with Gasteiger partial charge in [0.15, 0.2) is 11.5 Å². The molecule has 1 aliphatic carbocycles. The molecule has 1 aromatic rings. The highest BCUT2D eigenvalue weighted by atomic mass is 16.2. The van der Waals surface area contributed by atoms with Crippen LogP contribution in [0.2, 0.25) is 0 Å². The van der Waals surface area contributed by atoms with Gasteiger partial charge in [0.1, 0.15) is 0 Å². The number of aliphatic imine (C=N–C) groups is 1. The molecule has 1 heterocycles. The highest BCUT2D eigenvalue weighted by Gasteiger charge is 2.53. The van der Waals surface area contributed by atoms with Gasteiger partial charge in [-0.2, -0.15) is 0 Å². The van der Waals surface area contributed by atoms with Crippen LogP contribution in [0.25, 0.3) is 0 Å². The van der Waals surface area contributed by atoms with E-state index in [0.29, 0.717) is 5.69 Å². The Kier molecular flexibility index (Phi) is 5.11. The monoisotopic (exact) mass is 354 g/mol. The van der Waals surface area contributed by atoms with Crippen LogP contribution in [0.4, 0.5) is 5.69 Å². The second kappa shape index (κ2) is 7.32. The number of nitrogens with one attached hydrogen (secondary N) is 1. The number of rotatable bonds is 4. The molecule has 1 atom stereocenters. The lowest BCUT2D eigenvalue weighted by molar-refractivity contribution is -0.133. The van der Waals surface area contributed by atoms with Gasteiger partial charge in [0, 0.05) is 12.7 Å². The third-order valence-corrected chi connectivity index (χ3v) is 5.35. The molecule has 1 fully saturated rings. The molecule has 3 N–H and O–H groups in total. The number of allylic oxidation sites excluding steroid dienone is 1.